The molecule has 2 rings (SSSR count). The van der Waals surface area contributed by atoms with Crippen molar-refractivity contribution in [1.29, 1.82) is 0 Å². The molecule has 0 aliphatic carbocycles. The number of carbonyl (C=O) groups is 1. The predicted molar refractivity (Wildman–Crippen MR) is 96.0 cm³/mol. The maximum Gasteiger partial charge on any atom is 0.252 e. The Labute approximate surface area is 153 Å². The standard InChI is InChI=1S/C17H17BrClNO4/c1-23-15-6-3-10(7-16(15)24-2)14(21)9-20-17(22)12-8-11(18)4-5-13(12)19/h3-8,14,21H,9H2,1-2H3,(H,20,22)/t14-/m1/s1. The minimum Gasteiger partial charge on any atom is -0.493 e. The average molecular weight is 415 g/mol. The molecule has 0 unspecified atom stereocenters. The van der Waals surface area contributed by atoms with Crippen LogP contribution in [0.1, 0.15) is 22.0 Å². The summed E-state index contributed by atoms with van der Waals surface area (Å²) in [4.78, 5) is 12.2. The number of benzene rings is 2. The van der Waals surface area contributed by atoms with E-state index < -0.39 is 6.10 Å². The zero-order valence-electron chi connectivity index (χ0n) is 13.2. The van der Waals surface area contributed by atoms with Gasteiger partial charge in [0, 0.05) is 11.0 Å². The first-order chi connectivity index (χ1) is 11.5. The first kappa shape index (κ1) is 18.6. The summed E-state index contributed by atoms with van der Waals surface area (Å²) in [7, 11) is 3.06. The number of carbonyl (C=O) groups excluding carboxylic acids is 1. The quantitative estimate of drug-likeness (QED) is 0.758. The minimum absolute atomic E-state index is 0.0388. The van der Waals surface area contributed by atoms with Gasteiger partial charge in [-0.2, -0.15) is 0 Å². The molecule has 24 heavy (non-hydrogen) atoms. The van der Waals surface area contributed by atoms with E-state index in [9.17, 15) is 9.90 Å². The number of aliphatic hydroxyl groups excluding tert-OH is 1. The van der Waals surface area contributed by atoms with Crippen molar-refractivity contribution in [3.8, 4) is 11.5 Å². The fourth-order valence-corrected chi connectivity index (χ4v) is 2.70. The molecule has 7 heteroatoms. The largest absolute Gasteiger partial charge is 0.493 e. The van der Waals surface area contributed by atoms with Gasteiger partial charge in [-0.1, -0.05) is 33.6 Å². The van der Waals surface area contributed by atoms with Crippen molar-refractivity contribution >= 4 is 33.4 Å². The van der Waals surface area contributed by atoms with Crippen molar-refractivity contribution in [1.82, 2.24) is 5.32 Å². The lowest BCUT2D eigenvalue weighted by Gasteiger charge is -2.15. The minimum atomic E-state index is -0.889. The zero-order valence-corrected chi connectivity index (χ0v) is 15.5. The molecule has 128 valence electrons. The van der Waals surface area contributed by atoms with Crippen molar-refractivity contribution in [2.45, 2.75) is 6.10 Å². The van der Waals surface area contributed by atoms with E-state index in [0.717, 1.165) is 4.47 Å². The summed E-state index contributed by atoms with van der Waals surface area (Å²) in [6, 6.07) is 10.1. The maximum atomic E-state index is 12.2. The molecular weight excluding hydrogens is 398 g/mol. The van der Waals surface area contributed by atoms with Crippen LogP contribution in [0.15, 0.2) is 40.9 Å². The van der Waals surface area contributed by atoms with E-state index in [4.69, 9.17) is 21.1 Å². The van der Waals surface area contributed by atoms with Gasteiger partial charge in [0.15, 0.2) is 11.5 Å². The van der Waals surface area contributed by atoms with Gasteiger partial charge in [0.05, 0.1) is 30.9 Å². The summed E-state index contributed by atoms with van der Waals surface area (Å²) in [6.45, 7) is 0.0388. The SMILES string of the molecule is COc1ccc([C@H](O)CNC(=O)c2cc(Br)ccc2Cl)cc1OC. The Bertz CT molecular complexity index is 739. The first-order valence-electron chi connectivity index (χ1n) is 7.09. The lowest BCUT2D eigenvalue weighted by molar-refractivity contribution is 0.0916. The van der Waals surface area contributed by atoms with Gasteiger partial charge in [0.25, 0.3) is 5.91 Å². The molecular formula is C17H17BrClNO4. The van der Waals surface area contributed by atoms with Gasteiger partial charge in [-0.25, -0.2) is 0 Å². The Kier molecular flexibility index (Phi) is 6.48. The van der Waals surface area contributed by atoms with E-state index in [-0.39, 0.29) is 12.5 Å². The molecule has 2 N–H and O–H groups in total. The number of nitrogens with one attached hydrogen (secondary N) is 1. The van der Waals surface area contributed by atoms with Crippen LogP contribution >= 0.6 is 27.5 Å². The Balaban J connectivity index is 2.06. The highest BCUT2D eigenvalue weighted by molar-refractivity contribution is 9.10. The summed E-state index contributed by atoms with van der Waals surface area (Å²) < 4.78 is 11.1. The van der Waals surface area contributed by atoms with Crippen molar-refractivity contribution in [3.05, 3.63) is 57.0 Å². The van der Waals surface area contributed by atoms with Gasteiger partial charge in [-0.3, -0.25) is 4.79 Å². The topological polar surface area (TPSA) is 67.8 Å². The number of hydrogen-bond acceptors (Lipinski definition) is 4. The van der Waals surface area contributed by atoms with E-state index in [1.807, 2.05) is 0 Å². The molecule has 0 saturated carbocycles. The van der Waals surface area contributed by atoms with Crippen molar-refractivity contribution < 1.29 is 19.4 Å². The van der Waals surface area contributed by atoms with E-state index in [0.29, 0.717) is 27.6 Å². The number of amides is 1. The number of rotatable bonds is 6. The van der Waals surface area contributed by atoms with Gasteiger partial charge >= 0.3 is 0 Å². The van der Waals surface area contributed by atoms with Crippen molar-refractivity contribution in [2.75, 3.05) is 20.8 Å². The van der Waals surface area contributed by atoms with Gasteiger partial charge in [-0.05, 0) is 35.9 Å². The molecule has 0 aliphatic rings. The van der Waals surface area contributed by atoms with Crippen LogP contribution in [0.3, 0.4) is 0 Å². The molecule has 0 aliphatic heterocycles. The number of aliphatic hydroxyl groups is 1. The monoisotopic (exact) mass is 413 g/mol. The van der Waals surface area contributed by atoms with Crippen LogP contribution in [-0.4, -0.2) is 31.8 Å². The molecule has 0 heterocycles. The van der Waals surface area contributed by atoms with E-state index in [2.05, 4.69) is 21.2 Å². The Morgan fingerprint density at radius 3 is 2.58 bits per heavy atom. The van der Waals surface area contributed by atoms with Gasteiger partial charge in [-0.15, -0.1) is 0 Å². The Morgan fingerprint density at radius 2 is 1.92 bits per heavy atom. The lowest BCUT2D eigenvalue weighted by Crippen LogP contribution is -2.28. The first-order valence-corrected chi connectivity index (χ1v) is 8.26. The fourth-order valence-electron chi connectivity index (χ4n) is 2.13. The molecule has 0 aromatic heterocycles. The number of halogens is 2. The second kappa shape index (κ2) is 8.37. The molecule has 2 aromatic carbocycles. The normalized spacial score (nSPS) is 11.7. The number of methoxy groups -OCH3 is 2. The molecule has 0 saturated heterocycles. The summed E-state index contributed by atoms with van der Waals surface area (Å²) in [5.41, 5.74) is 0.943. The predicted octanol–water partition coefficient (Wildman–Crippen LogP) is 3.58. The van der Waals surface area contributed by atoms with Crippen LogP contribution in [0.5, 0.6) is 11.5 Å². The Hall–Kier alpha value is -1.76. The second-order valence-corrected chi connectivity index (χ2v) is 6.29. The van der Waals surface area contributed by atoms with Crippen LogP contribution in [0.2, 0.25) is 5.02 Å². The summed E-state index contributed by atoms with van der Waals surface area (Å²) >= 11 is 9.32. The van der Waals surface area contributed by atoms with Crippen LogP contribution in [0.25, 0.3) is 0 Å². The van der Waals surface area contributed by atoms with Gasteiger partial charge in [0.2, 0.25) is 0 Å². The van der Waals surface area contributed by atoms with Crippen molar-refractivity contribution in [2.24, 2.45) is 0 Å². The molecule has 5 nitrogen and oxygen atoms in total. The molecule has 0 spiro atoms. The van der Waals surface area contributed by atoms with E-state index in [1.54, 1.807) is 36.4 Å². The third-order valence-electron chi connectivity index (χ3n) is 3.42. The van der Waals surface area contributed by atoms with Gasteiger partial charge in [0.1, 0.15) is 0 Å². The second-order valence-electron chi connectivity index (χ2n) is 4.96. The highest BCUT2D eigenvalue weighted by atomic mass is 79.9. The van der Waals surface area contributed by atoms with Crippen LogP contribution in [0, 0.1) is 0 Å². The highest BCUT2D eigenvalue weighted by Gasteiger charge is 2.15. The number of ether oxygens (including phenoxy) is 2. The zero-order chi connectivity index (χ0) is 17.7. The average Bonchev–Trinajstić information content (AvgIpc) is 2.60. The third kappa shape index (κ3) is 4.41. The molecule has 1 atom stereocenters. The van der Waals surface area contributed by atoms with Crippen LogP contribution in [0.4, 0.5) is 0 Å². The highest BCUT2D eigenvalue weighted by Crippen LogP contribution is 2.30. The molecule has 0 fully saturated rings. The van der Waals surface area contributed by atoms with Crippen LogP contribution in [-0.2, 0) is 0 Å². The molecule has 1 amide bonds. The summed E-state index contributed by atoms with van der Waals surface area (Å²) in [5.74, 6) is 0.717. The molecule has 0 bridgehead atoms. The van der Waals surface area contributed by atoms with E-state index in [1.165, 1.54) is 14.2 Å². The van der Waals surface area contributed by atoms with Crippen molar-refractivity contribution in [3.63, 3.8) is 0 Å². The van der Waals surface area contributed by atoms with Crippen LogP contribution < -0.4 is 14.8 Å². The Morgan fingerprint density at radius 1 is 1.21 bits per heavy atom. The maximum absolute atomic E-state index is 12.2. The summed E-state index contributed by atoms with van der Waals surface area (Å²) in [6.07, 6.45) is -0.889. The molecule has 0 radical (unpaired) electrons. The fraction of sp³-hybridized carbons (Fsp3) is 0.235. The summed E-state index contributed by atoms with van der Waals surface area (Å²) in [5, 5.41) is 13.3. The number of hydrogen-bond donors (Lipinski definition) is 2. The van der Waals surface area contributed by atoms with Gasteiger partial charge < -0.3 is 19.9 Å². The third-order valence-corrected chi connectivity index (χ3v) is 4.24. The smallest absolute Gasteiger partial charge is 0.252 e. The molecule has 2 aromatic rings. The lowest BCUT2D eigenvalue weighted by atomic mass is 10.1. The van der Waals surface area contributed by atoms with E-state index >= 15 is 0 Å².